The van der Waals surface area contributed by atoms with E-state index < -0.39 is 0 Å². The first-order valence-electron chi connectivity index (χ1n) is 9.07. The van der Waals surface area contributed by atoms with Gasteiger partial charge in [-0.1, -0.05) is 85.3 Å². The highest BCUT2D eigenvalue weighted by atomic mass is 14.8. The molecule has 1 aliphatic heterocycles. The maximum Gasteiger partial charge on any atom is 0.0821 e. The van der Waals surface area contributed by atoms with Crippen molar-refractivity contribution in [3.63, 3.8) is 0 Å². The molecular weight excluding hydrogens is 302 g/mol. The van der Waals surface area contributed by atoms with E-state index in [4.69, 9.17) is 4.99 Å². The fraction of sp³-hybridized carbons (Fsp3) is 0.208. The number of dihydropyridines is 1. The Bertz CT molecular complexity index is 945. The first kappa shape index (κ1) is 15.8. The highest BCUT2D eigenvalue weighted by Gasteiger charge is 2.27. The van der Waals surface area contributed by atoms with Gasteiger partial charge in [0.25, 0.3) is 0 Å². The lowest BCUT2D eigenvalue weighted by atomic mass is 9.82. The van der Waals surface area contributed by atoms with Crippen molar-refractivity contribution < 1.29 is 0 Å². The molecule has 1 heteroatoms. The summed E-state index contributed by atoms with van der Waals surface area (Å²) in [5.41, 5.74) is 5.06. The Morgan fingerprint density at radius 2 is 1.56 bits per heavy atom. The predicted octanol–water partition coefficient (Wildman–Crippen LogP) is 6.36. The van der Waals surface area contributed by atoms with Gasteiger partial charge in [-0.05, 0) is 35.8 Å². The van der Waals surface area contributed by atoms with E-state index in [1.165, 1.54) is 27.5 Å². The fourth-order valence-corrected chi connectivity index (χ4v) is 3.95. The molecule has 1 heterocycles. The van der Waals surface area contributed by atoms with E-state index in [2.05, 4.69) is 92.7 Å². The second-order valence-electron chi connectivity index (χ2n) is 6.80. The van der Waals surface area contributed by atoms with Crippen molar-refractivity contribution >= 4 is 16.5 Å². The lowest BCUT2D eigenvalue weighted by molar-refractivity contribution is 0.478. The molecule has 3 aromatic carbocycles. The van der Waals surface area contributed by atoms with Gasteiger partial charge in [-0.15, -0.1) is 0 Å². The van der Waals surface area contributed by atoms with E-state index in [1.54, 1.807) is 0 Å². The number of hydrogen-bond acceptors (Lipinski definition) is 1. The molecule has 0 fully saturated rings. The van der Waals surface area contributed by atoms with Crippen LogP contribution in [0.4, 0.5) is 0 Å². The van der Waals surface area contributed by atoms with Crippen LogP contribution in [0.2, 0.25) is 0 Å². The monoisotopic (exact) mass is 325 g/mol. The Hall–Kier alpha value is -2.67. The first-order valence-corrected chi connectivity index (χ1v) is 9.07. The van der Waals surface area contributed by atoms with Crippen LogP contribution in [0.15, 0.2) is 89.4 Å². The van der Waals surface area contributed by atoms with E-state index >= 15 is 0 Å². The minimum absolute atomic E-state index is 0.199. The molecule has 2 atom stereocenters. The molecule has 1 unspecified atom stereocenters. The zero-order valence-electron chi connectivity index (χ0n) is 14.8. The average Bonchev–Trinajstić information content (AvgIpc) is 2.67. The van der Waals surface area contributed by atoms with Crippen LogP contribution in [0.1, 0.15) is 37.4 Å². The predicted molar refractivity (Wildman–Crippen MR) is 107 cm³/mol. The summed E-state index contributed by atoms with van der Waals surface area (Å²) < 4.78 is 0. The van der Waals surface area contributed by atoms with Crippen LogP contribution in [0.3, 0.4) is 0 Å². The van der Waals surface area contributed by atoms with Crippen LogP contribution in [-0.2, 0) is 0 Å². The standard InChI is InChI=1S/C24H23N/c1-3-20-17(2)16-23(25-24(20)19-11-5-4-6-12-19)22-15-9-13-18-10-7-8-14-21(18)22/h4-16,20,24H,3H2,1-2H3/t20-,24?/m1/s1. The van der Waals surface area contributed by atoms with Gasteiger partial charge in [0.15, 0.2) is 0 Å². The summed E-state index contributed by atoms with van der Waals surface area (Å²) in [6, 6.07) is 26.0. The van der Waals surface area contributed by atoms with Gasteiger partial charge in [0.2, 0.25) is 0 Å². The number of hydrogen-bond donors (Lipinski definition) is 0. The van der Waals surface area contributed by atoms with Gasteiger partial charge < -0.3 is 0 Å². The summed E-state index contributed by atoms with van der Waals surface area (Å²) in [5.74, 6) is 0.473. The second-order valence-corrected chi connectivity index (χ2v) is 6.80. The largest absolute Gasteiger partial charge is 0.276 e. The maximum absolute atomic E-state index is 5.22. The first-order chi connectivity index (χ1) is 12.3. The maximum atomic E-state index is 5.22. The summed E-state index contributed by atoms with van der Waals surface area (Å²) in [4.78, 5) is 5.22. The van der Waals surface area contributed by atoms with Crippen LogP contribution in [0.25, 0.3) is 10.8 Å². The summed E-state index contributed by atoms with van der Waals surface area (Å²) in [5, 5.41) is 2.54. The number of rotatable bonds is 3. The van der Waals surface area contributed by atoms with Crippen LogP contribution in [-0.4, -0.2) is 5.71 Å². The third-order valence-electron chi connectivity index (χ3n) is 5.26. The molecule has 124 valence electrons. The van der Waals surface area contributed by atoms with Crippen molar-refractivity contribution in [2.75, 3.05) is 0 Å². The summed E-state index contributed by atoms with van der Waals surface area (Å²) >= 11 is 0. The Labute approximate surface area is 149 Å². The molecule has 0 aliphatic carbocycles. The average molecular weight is 325 g/mol. The van der Waals surface area contributed by atoms with Crippen LogP contribution < -0.4 is 0 Å². The van der Waals surface area contributed by atoms with E-state index in [-0.39, 0.29) is 6.04 Å². The molecule has 0 bridgehead atoms. The van der Waals surface area contributed by atoms with E-state index in [0.717, 1.165) is 12.1 Å². The number of allylic oxidation sites excluding steroid dienone is 1. The van der Waals surface area contributed by atoms with Gasteiger partial charge >= 0.3 is 0 Å². The van der Waals surface area contributed by atoms with Crippen molar-refractivity contribution in [1.29, 1.82) is 0 Å². The Morgan fingerprint density at radius 1 is 0.840 bits per heavy atom. The third kappa shape index (κ3) is 2.91. The number of fused-ring (bicyclic) bond motifs is 1. The Morgan fingerprint density at radius 3 is 2.36 bits per heavy atom. The lowest BCUT2D eigenvalue weighted by Gasteiger charge is -2.29. The molecule has 0 saturated heterocycles. The van der Waals surface area contributed by atoms with Gasteiger partial charge in [0.1, 0.15) is 0 Å². The van der Waals surface area contributed by atoms with E-state index in [1.807, 2.05) is 0 Å². The zero-order chi connectivity index (χ0) is 17.2. The normalized spacial score (nSPS) is 20.2. The molecule has 0 radical (unpaired) electrons. The minimum Gasteiger partial charge on any atom is -0.276 e. The Kier molecular flexibility index (Phi) is 4.23. The van der Waals surface area contributed by atoms with Crippen molar-refractivity contribution in [3.05, 3.63) is 95.6 Å². The van der Waals surface area contributed by atoms with Crippen LogP contribution in [0, 0.1) is 5.92 Å². The lowest BCUT2D eigenvalue weighted by Crippen LogP contribution is -2.19. The van der Waals surface area contributed by atoms with E-state index in [0.29, 0.717) is 5.92 Å². The minimum atomic E-state index is 0.199. The van der Waals surface area contributed by atoms with Crippen molar-refractivity contribution in [1.82, 2.24) is 0 Å². The van der Waals surface area contributed by atoms with Crippen molar-refractivity contribution in [2.45, 2.75) is 26.3 Å². The summed E-state index contributed by atoms with van der Waals surface area (Å²) in [6.07, 6.45) is 3.39. The molecule has 0 aromatic heterocycles. The highest BCUT2D eigenvalue weighted by Crippen LogP contribution is 2.38. The number of aliphatic imine (C=N–C) groups is 1. The second kappa shape index (κ2) is 6.68. The van der Waals surface area contributed by atoms with Crippen LogP contribution in [0.5, 0.6) is 0 Å². The summed E-state index contributed by atoms with van der Waals surface area (Å²) in [7, 11) is 0. The van der Waals surface area contributed by atoms with Crippen molar-refractivity contribution in [3.8, 4) is 0 Å². The van der Waals surface area contributed by atoms with Gasteiger partial charge in [0.05, 0.1) is 11.8 Å². The molecule has 4 rings (SSSR count). The molecular formula is C24H23N. The van der Waals surface area contributed by atoms with Gasteiger partial charge in [-0.3, -0.25) is 4.99 Å². The van der Waals surface area contributed by atoms with E-state index in [9.17, 15) is 0 Å². The highest BCUT2D eigenvalue weighted by molar-refractivity contribution is 6.17. The molecule has 3 aromatic rings. The van der Waals surface area contributed by atoms with Gasteiger partial charge in [-0.2, -0.15) is 0 Å². The molecule has 0 amide bonds. The van der Waals surface area contributed by atoms with Gasteiger partial charge in [-0.25, -0.2) is 0 Å². The summed E-state index contributed by atoms with van der Waals surface area (Å²) in [6.45, 7) is 4.51. The third-order valence-corrected chi connectivity index (χ3v) is 5.26. The molecule has 0 saturated carbocycles. The molecule has 0 N–H and O–H groups in total. The zero-order valence-corrected chi connectivity index (χ0v) is 14.8. The van der Waals surface area contributed by atoms with Crippen molar-refractivity contribution in [2.24, 2.45) is 10.9 Å². The number of benzene rings is 3. The molecule has 0 spiro atoms. The smallest absolute Gasteiger partial charge is 0.0821 e. The molecule has 1 nitrogen and oxygen atoms in total. The topological polar surface area (TPSA) is 12.4 Å². The van der Waals surface area contributed by atoms with Crippen LogP contribution >= 0.6 is 0 Å². The van der Waals surface area contributed by atoms with Gasteiger partial charge in [0, 0.05) is 11.5 Å². The Balaban J connectivity index is 1.87. The fourth-order valence-electron chi connectivity index (χ4n) is 3.95. The number of nitrogens with zero attached hydrogens (tertiary/aromatic N) is 1. The molecule has 25 heavy (non-hydrogen) atoms. The quantitative estimate of drug-likeness (QED) is 0.531. The molecule has 1 aliphatic rings. The SMILES string of the molecule is CC[C@@H]1C(C)=CC(c2cccc3ccccc23)=NC1c1ccccc1.